The summed E-state index contributed by atoms with van der Waals surface area (Å²) in [7, 11) is -3.64. The lowest BCUT2D eigenvalue weighted by Gasteiger charge is -2.13. The van der Waals surface area contributed by atoms with Gasteiger partial charge in [-0.2, -0.15) is 5.26 Å². The number of aliphatic hydroxyl groups excluding tert-OH is 1. The summed E-state index contributed by atoms with van der Waals surface area (Å²) in [6, 6.07) is 7.84. The second kappa shape index (κ2) is 4.64. The molecule has 1 N–H and O–H groups in total. The molecule has 1 rings (SSSR count). The van der Waals surface area contributed by atoms with Crippen molar-refractivity contribution in [2.75, 3.05) is 0 Å². The van der Waals surface area contributed by atoms with E-state index in [4.69, 9.17) is 5.26 Å². The molecule has 0 aliphatic carbocycles. The highest BCUT2D eigenvalue weighted by atomic mass is 32.2. The third-order valence-electron chi connectivity index (χ3n) is 2.42. The lowest BCUT2D eigenvalue weighted by atomic mass is 10.2. The summed E-state index contributed by atoms with van der Waals surface area (Å²) in [4.78, 5) is 0.125. The van der Waals surface area contributed by atoms with Crippen LogP contribution in [-0.4, -0.2) is 24.9 Å². The van der Waals surface area contributed by atoms with Crippen LogP contribution < -0.4 is 0 Å². The van der Waals surface area contributed by atoms with E-state index in [1.807, 2.05) is 6.92 Å². The normalized spacial score (nSPS) is 15.1. The number of sulfone groups is 1. The Kier molecular flexibility index (Phi) is 3.68. The summed E-state index contributed by atoms with van der Waals surface area (Å²) in [6.07, 6.45) is -1.51. The van der Waals surface area contributed by atoms with Crippen molar-refractivity contribution in [2.24, 2.45) is 0 Å². The number of aryl methyl sites for hydroxylation is 1. The number of rotatable bonds is 3. The van der Waals surface area contributed by atoms with E-state index in [1.165, 1.54) is 25.1 Å². The quantitative estimate of drug-likeness (QED) is 0.799. The maximum Gasteiger partial charge on any atom is 0.184 e. The van der Waals surface area contributed by atoms with Gasteiger partial charge < -0.3 is 5.11 Å². The molecule has 0 radical (unpaired) electrons. The van der Waals surface area contributed by atoms with E-state index in [9.17, 15) is 13.5 Å². The Labute approximate surface area is 95.1 Å². The molecule has 1 aromatic rings. The molecule has 0 spiro atoms. The van der Waals surface area contributed by atoms with Gasteiger partial charge in [0.15, 0.2) is 15.9 Å². The number of hydrogen-bond acceptors (Lipinski definition) is 4. The number of hydrogen-bond donors (Lipinski definition) is 1. The molecule has 0 heterocycles. The first kappa shape index (κ1) is 12.7. The lowest BCUT2D eigenvalue weighted by molar-refractivity contribution is 0.227. The van der Waals surface area contributed by atoms with Crippen molar-refractivity contribution in [2.45, 2.75) is 30.1 Å². The molecule has 0 amide bonds. The first-order valence-electron chi connectivity index (χ1n) is 4.78. The number of aliphatic hydroxyl groups is 1. The third-order valence-corrected chi connectivity index (χ3v) is 4.58. The third kappa shape index (κ3) is 2.40. The zero-order chi connectivity index (χ0) is 12.3. The molecule has 2 unspecified atom stereocenters. The number of nitrogens with zero attached hydrogens (tertiary/aromatic N) is 1. The fourth-order valence-corrected chi connectivity index (χ4v) is 2.56. The van der Waals surface area contributed by atoms with E-state index < -0.39 is 21.2 Å². The summed E-state index contributed by atoms with van der Waals surface area (Å²) in [5, 5.41) is 16.6. The van der Waals surface area contributed by atoms with Crippen LogP contribution in [0, 0.1) is 18.3 Å². The average molecular weight is 239 g/mol. The first-order valence-corrected chi connectivity index (χ1v) is 6.32. The second-order valence-electron chi connectivity index (χ2n) is 3.64. The molecule has 0 saturated carbocycles. The van der Waals surface area contributed by atoms with E-state index in [1.54, 1.807) is 12.1 Å². The molecule has 0 aliphatic rings. The predicted molar refractivity (Wildman–Crippen MR) is 59.4 cm³/mol. The molecule has 0 fully saturated rings. The molecule has 0 bridgehead atoms. The largest absolute Gasteiger partial charge is 0.377 e. The van der Waals surface area contributed by atoms with E-state index in [2.05, 4.69) is 0 Å². The Bertz CT molecular complexity index is 499. The molecule has 5 heteroatoms. The predicted octanol–water partition coefficient (Wildman–Crippen LogP) is 1.04. The Balaban J connectivity index is 3.13. The second-order valence-corrected chi connectivity index (χ2v) is 5.94. The maximum atomic E-state index is 11.9. The van der Waals surface area contributed by atoms with Gasteiger partial charge in [-0.1, -0.05) is 17.7 Å². The number of benzene rings is 1. The molecule has 1 aromatic carbocycles. The van der Waals surface area contributed by atoms with Crippen molar-refractivity contribution in [3.63, 3.8) is 0 Å². The van der Waals surface area contributed by atoms with Crippen LogP contribution in [0.15, 0.2) is 29.2 Å². The minimum absolute atomic E-state index is 0.125. The van der Waals surface area contributed by atoms with E-state index >= 15 is 0 Å². The van der Waals surface area contributed by atoms with Gasteiger partial charge in [0.2, 0.25) is 0 Å². The molecule has 0 saturated heterocycles. The van der Waals surface area contributed by atoms with Crippen molar-refractivity contribution in [3.05, 3.63) is 29.8 Å². The van der Waals surface area contributed by atoms with Crippen LogP contribution in [0.5, 0.6) is 0 Å². The first-order chi connectivity index (χ1) is 7.39. The van der Waals surface area contributed by atoms with Gasteiger partial charge in [0.05, 0.1) is 11.0 Å². The zero-order valence-electron chi connectivity index (χ0n) is 9.08. The summed E-state index contributed by atoms with van der Waals surface area (Å²) < 4.78 is 23.9. The summed E-state index contributed by atoms with van der Waals surface area (Å²) in [6.45, 7) is 3.17. The molecule has 86 valence electrons. The van der Waals surface area contributed by atoms with Crippen LogP contribution in [-0.2, 0) is 9.84 Å². The highest BCUT2D eigenvalue weighted by Crippen LogP contribution is 2.18. The van der Waals surface area contributed by atoms with Crippen LogP contribution in [0.1, 0.15) is 12.5 Å². The van der Waals surface area contributed by atoms with Crippen LogP contribution in [0.25, 0.3) is 0 Å². The minimum Gasteiger partial charge on any atom is -0.377 e. The van der Waals surface area contributed by atoms with E-state index in [0.29, 0.717) is 0 Å². The summed E-state index contributed by atoms with van der Waals surface area (Å²) >= 11 is 0. The van der Waals surface area contributed by atoms with Gasteiger partial charge in [-0.05, 0) is 26.0 Å². The Morgan fingerprint density at radius 1 is 1.31 bits per heavy atom. The smallest absolute Gasteiger partial charge is 0.184 e. The molecule has 4 nitrogen and oxygen atoms in total. The van der Waals surface area contributed by atoms with Crippen molar-refractivity contribution in [1.29, 1.82) is 5.26 Å². The highest BCUT2D eigenvalue weighted by Gasteiger charge is 2.29. The minimum atomic E-state index is -3.64. The van der Waals surface area contributed by atoms with Gasteiger partial charge in [-0.3, -0.25) is 0 Å². The molecule has 16 heavy (non-hydrogen) atoms. The molecule has 0 aliphatic heterocycles. The van der Waals surface area contributed by atoms with Crippen molar-refractivity contribution in [1.82, 2.24) is 0 Å². The van der Waals surface area contributed by atoms with Gasteiger partial charge >= 0.3 is 0 Å². The standard InChI is InChI=1S/C11H13NO3S/c1-8-3-5-10(6-4-8)16(14,15)9(2)11(13)7-12/h3-6,9,11,13H,1-2H3. The SMILES string of the molecule is Cc1ccc(S(=O)(=O)C(C)C(O)C#N)cc1. The van der Waals surface area contributed by atoms with Crippen molar-refractivity contribution < 1.29 is 13.5 Å². The highest BCUT2D eigenvalue weighted by molar-refractivity contribution is 7.92. The van der Waals surface area contributed by atoms with Gasteiger partial charge in [0.25, 0.3) is 0 Å². The molecular formula is C11H13NO3S. The van der Waals surface area contributed by atoms with Crippen LogP contribution in [0.3, 0.4) is 0 Å². The van der Waals surface area contributed by atoms with Gasteiger partial charge in [0, 0.05) is 0 Å². The van der Waals surface area contributed by atoms with Gasteiger partial charge in [-0.25, -0.2) is 8.42 Å². The fourth-order valence-electron chi connectivity index (χ4n) is 1.22. The van der Waals surface area contributed by atoms with Crippen LogP contribution >= 0.6 is 0 Å². The monoisotopic (exact) mass is 239 g/mol. The topological polar surface area (TPSA) is 78.2 Å². The number of nitriles is 1. The van der Waals surface area contributed by atoms with E-state index in [-0.39, 0.29) is 4.90 Å². The average Bonchev–Trinajstić information content (AvgIpc) is 2.27. The van der Waals surface area contributed by atoms with Gasteiger partial charge in [-0.15, -0.1) is 0 Å². The summed E-state index contributed by atoms with van der Waals surface area (Å²) in [5.41, 5.74) is 0.951. The Hall–Kier alpha value is -1.38. The lowest BCUT2D eigenvalue weighted by Crippen LogP contribution is -2.30. The molecular weight excluding hydrogens is 226 g/mol. The molecule has 2 atom stereocenters. The molecule has 0 aromatic heterocycles. The summed E-state index contributed by atoms with van der Waals surface area (Å²) in [5.74, 6) is 0. The van der Waals surface area contributed by atoms with Crippen LogP contribution in [0.4, 0.5) is 0 Å². The zero-order valence-corrected chi connectivity index (χ0v) is 9.90. The van der Waals surface area contributed by atoms with Crippen LogP contribution in [0.2, 0.25) is 0 Å². The van der Waals surface area contributed by atoms with Gasteiger partial charge in [0.1, 0.15) is 5.25 Å². The maximum absolute atomic E-state index is 11.9. The van der Waals surface area contributed by atoms with Crippen molar-refractivity contribution >= 4 is 9.84 Å². The van der Waals surface area contributed by atoms with E-state index in [0.717, 1.165) is 5.56 Å². The fraction of sp³-hybridized carbons (Fsp3) is 0.364. The van der Waals surface area contributed by atoms with Crippen molar-refractivity contribution in [3.8, 4) is 6.07 Å². The Morgan fingerprint density at radius 3 is 2.25 bits per heavy atom. The Morgan fingerprint density at radius 2 is 1.81 bits per heavy atom.